The molecule has 0 atom stereocenters. The highest BCUT2D eigenvalue weighted by Gasteiger charge is 2.53. The smallest absolute Gasteiger partial charge is 0.322 e. The van der Waals surface area contributed by atoms with E-state index in [1.165, 1.54) is 0 Å². The maximum atomic E-state index is 12.6. The summed E-state index contributed by atoms with van der Waals surface area (Å²) >= 11 is 0. The molecule has 0 spiro atoms. The molecule has 2 rings (SSSR count). The lowest BCUT2D eigenvalue weighted by Gasteiger charge is -2.41. The molecular weight excluding hydrogens is 282 g/mol. The van der Waals surface area contributed by atoms with Gasteiger partial charge < -0.3 is 15.2 Å². The van der Waals surface area contributed by atoms with Gasteiger partial charge in [0.2, 0.25) is 5.91 Å². The molecule has 2 fully saturated rings. The number of rotatable bonds is 4. The van der Waals surface area contributed by atoms with Gasteiger partial charge in [0.25, 0.3) is 0 Å². The van der Waals surface area contributed by atoms with Gasteiger partial charge in [0.15, 0.2) is 0 Å². The van der Waals surface area contributed by atoms with Crippen LogP contribution in [0.5, 0.6) is 0 Å². The van der Waals surface area contributed by atoms with Crippen molar-refractivity contribution < 1.29 is 19.4 Å². The van der Waals surface area contributed by atoms with E-state index in [9.17, 15) is 9.59 Å². The summed E-state index contributed by atoms with van der Waals surface area (Å²) in [5.74, 6) is -0.190. The first kappa shape index (κ1) is 17.3. The average Bonchev–Trinajstić information content (AvgIpc) is 2.36. The van der Waals surface area contributed by atoms with E-state index in [-0.39, 0.29) is 24.5 Å². The molecule has 2 saturated carbocycles. The predicted octanol–water partition coefficient (Wildman–Crippen LogP) is 2.17. The van der Waals surface area contributed by atoms with Crippen LogP contribution in [0.1, 0.15) is 65.7 Å². The van der Waals surface area contributed by atoms with Crippen LogP contribution >= 0.6 is 0 Å². The molecule has 0 aliphatic heterocycles. The Morgan fingerprint density at radius 3 is 2.18 bits per heavy atom. The Kier molecular flexibility index (Phi) is 5.15. The number of esters is 1. The molecule has 0 saturated heterocycles. The summed E-state index contributed by atoms with van der Waals surface area (Å²) < 4.78 is 5.46. The van der Waals surface area contributed by atoms with E-state index in [0.717, 1.165) is 32.1 Å². The maximum Gasteiger partial charge on any atom is 0.322 e. The predicted molar refractivity (Wildman–Crippen MR) is 83.1 cm³/mol. The van der Waals surface area contributed by atoms with E-state index in [2.05, 4.69) is 5.32 Å². The van der Waals surface area contributed by atoms with Crippen molar-refractivity contribution in [1.29, 1.82) is 0 Å². The van der Waals surface area contributed by atoms with Gasteiger partial charge in [-0.2, -0.15) is 0 Å². The van der Waals surface area contributed by atoms with E-state index in [0.29, 0.717) is 18.8 Å². The summed E-state index contributed by atoms with van der Waals surface area (Å²) in [6, 6.07) is 0.121. The van der Waals surface area contributed by atoms with Crippen LogP contribution in [0.15, 0.2) is 0 Å². The summed E-state index contributed by atoms with van der Waals surface area (Å²) in [6.07, 6.45) is 5.67. The minimum absolute atomic E-state index is 0.121. The molecule has 0 heterocycles. The Hall–Kier alpha value is -1.10. The monoisotopic (exact) mass is 311 g/mol. The third-order valence-electron chi connectivity index (χ3n) is 4.87. The van der Waals surface area contributed by atoms with Crippen LogP contribution in [0, 0.1) is 11.3 Å². The zero-order valence-electron chi connectivity index (χ0n) is 14.0. The number of aliphatic hydroxyl groups excluding tert-OH is 1. The lowest BCUT2D eigenvalue weighted by atomic mass is 9.67. The van der Waals surface area contributed by atoms with Crippen LogP contribution < -0.4 is 5.32 Å². The average molecular weight is 311 g/mol. The van der Waals surface area contributed by atoms with Crippen molar-refractivity contribution in [3.63, 3.8) is 0 Å². The van der Waals surface area contributed by atoms with E-state index in [1.807, 2.05) is 20.8 Å². The molecule has 22 heavy (non-hydrogen) atoms. The first-order valence-electron chi connectivity index (χ1n) is 8.42. The zero-order chi connectivity index (χ0) is 16.4. The second-order valence-corrected chi connectivity index (χ2v) is 7.81. The van der Waals surface area contributed by atoms with Crippen molar-refractivity contribution in [1.82, 2.24) is 5.32 Å². The highest BCUT2D eigenvalue weighted by Crippen LogP contribution is 2.43. The second-order valence-electron chi connectivity index (χ2n) is 7.81. The Bertz CT molecular complexity index is 415. The van der Waals surface area contributed by atoms with Gasteiger partial charge in [0, 0.05) is 12.6 Å². The molecule has 5 nitrogen and oxygen atoms in total. The van der Waals surface area contributed by atoms with Crippen LogP contribution in [0.4, 0.5) is 0 Å². The maximum absolute atomic E-state index is 12.6. The Balaban J connectivity index is 1.93. The van der Waals surface area contributed by atoms with Crippen LogP contribution in [0.3, 0.4) is 0 Å². The van der Waals surface area contributed by atoms with Gasteiger partial charge in [-0.1, -0.05) is 6.42 Å². The van der Waals surface area contributed by atoms with Gasteiger partial charge in [-0.15, -0.1) is 0 Å². The lowest BCUT2D eigenvalue weighted by molar-refractivity contribution is -0.177. The van der Waals surface area contributed by atoms with Crippen molar-refractivity contribution in [2.45, 2.75) is 77.4 Å². The van der Waals surface area contributed by atoms with Gasteiger partial charge >= 0.3 is 5.97 Å². The molecule has 0 bridgehead atoms. The first-order chi connectivity index (χ1) is 10.3. The molecule has 2 N–H and O–H groups in total. The van der Waals surface area contributed by atoms with Crippen molar-refractivity contribution in [2.24, 2.45) is 11.3 Å². The summed E-state index contributed by atoms with van der Waals surface area (Å²) in [4.78, 5) is 25.1. The van der Waals surface area contributed by atoms with Crippen LogP contribution in [0.25, 0.3) is 0 Å². The fourth-order valence-electron chi connectivity index (χ4n) is 3.24. The van der Waals surface area contributed by atoms with Crippen molar-refractivity contribution in [3.05, 3.63) is 0 Å². The molecular formula is C17H29NO4. The third kappa shape index (κ3) is 3.80. The number of carbonyl (C=O) groups is 2. The van der Waals surface area contributed by atoms with Gasteiger partial charge in [-0.25, -0.2) is 0 Å². The van der Waals surface area contributed by atoms with Gasteiger partial charge in [-0.05, 0) is 65.2 Å². The molecule has 1 amide bonds. The van der Waals surface area contributed by atoms with Crippen LogP contribution in [-0.4, -0.2) is 35.2 Å². The summed E-state index contributed by atoms with van der Waals surface area (Å²) in [5, 5.41) is 12.2. The SMILES string of the molecule is CC(C)(C)OC(=O)C1(C(=O)NC2CCC(CO)CC2)CCC1. The summed E-state index contributed by atoms with van der Waals surface area (Å²) in [7, 11) is 0. The highest BCUT2D eigenvalue weighted by atomic mass is 16.6. The summed E-state index contributed by atoms with van der Waals surface area (Å²) in [5.41, 5.74) is -1.54. The van der Waals surface area contributed by atoms with Gasteiger partial charge in [0.05, 0.1) is 0 Å². The molecule has 0 aromatic rings. The minimum atomic E-state index is -0.971. The Morgan fingerprint density at radius 2 is 1.77 bits per heavy atom. The molecule has 0 unspecified atom stereocenters. The standard InChI is InChI=1S/C17H29NO4/c1-16(2,3)22-15(21)17(9-4-10-17)14(20)18-13-7-5-12(11-19)6-8-13/h12-13,19H,4-11H2,1-3H3,(H,18,20). The lowest BCUT2D eigenvalue weighted by Crippen LogP contribution is -2.55. The highest BCUT2D eigenvalue weighted by molar-refractivity contribution is 6.03. The van der Waals surface area contributed by atoms with Gasteiger partial charge in [-0.3, -0.25) is 9.59 Å². The second kappa shape index (κ2) is 6.57. The van der Waals surface area contributed by atoms with Crippen LogP contribution in [-0.2, 0) is 14.3 Å². The molecule has 2 aliphatic carbocycles. The molecule has 5 heteroatoms. The topological polar surface area (TPSA) is 75.6 Å². The normalized spacial score (nSPS) is 27.6. The quantitative estimate of drug-likeness (QED) is 0.616. The zero-order valence-corrected chi connectivity index (χ0v) is 14.0. The number of hydrogen-bond acceptors (Lipinski definition) is 4. The largest absolute Gasteiger partial charge is 0.459 e. The molecule has 126 valence electrons. The Labute approximate surface area is 132 Å². The molecule has 0 aromatic heterocycles. The molecule has 0 aromatic carbocycles. The number of carbonyl (C=O) groups excluding carboxylic acids is 2. The van der Waals surface area contributed by atoms with Crippen LogP contribution in [0.2, 0.25) is 0 Å². The van der Waals surface area contributed by atoms with E-state index in [4.69, 9.17) is 9.84 Å². The number of aliphatic hydroxyl groups is 1. The first-order valence-corrected chi connectivity index (χ1v) is 8.42. The van der Waals surface area contributed by atoms with Gasteiger partial charge in [0.1, 0.15) is 11.0 Å². The molecule has 0 radical (unpaired) electrons. The number of ether oxygens (including phenoxy) is 1. The van der Waals surface area contributed by atoms with Crippen molar-refractivity contribution in [2.75, 3.05) is 6.61 Å². The number of hydrogen-bond donors (Lipinski definition) is 2. The third-order valence-corrected chi connectivity index (χ3v) is 4.87. The van der Waals surface area contributed by atoms with Crippen molar-refractivity contribution >= 4 is 11.9 Å². The number of amides is 1. The fourth-order valence-corrected chi connectivity index (χ4v) is 3.24. The number of nitrogens with one attached hydrogen (secondary N) is 1. The minimum Gasteiger partial charge on any atom is -0.459 e. The summed E-state index contributed by atoms with van der Waals surface area (Å²) in [6.45, 7) is 5.70. The Morgan fingerprint density at radius 1 is 1.18 bits per heavy atom. The van der Waals surface area contributed by atoms with E-state index >= 15 is 0 Å². The fraction of sp³-hybridized carbons (Fsp3) is 0.882. The van der Waals surface area contributed by atoms with Crippen molar-refractivity contribution in [3.8, 4) is 0 Å². The van der Waals surface area contributed by atoms with E-state index < -0.39 is 11.0 Å². The molecule has 2 aliphatic rings. The van der Waals surface area contributed by atoms with E-state index in [1.54, 1.807) is 0 Å².